The Balaban J connectivity index is 1.73. The van der Waals surface area contributed by atoms with E-state index in [9.17, 15) is 8.42 Å². The lowest BCUT2D eigenvalue weighted by atomic mass is 9.91. The molecule has 4 rings (SSSR count). The summed E-state index contributed by atoms with van der Waals surface area (Å²) >= 11 is 0. The fourth-order valence-electron chi connectivity index (χ4n) is 3.84. The van der Waals surface area contributed by atoms with E-state index in [1.165, 1.54) is 7.11 Å². The molecule has 2 heterocycles. The normalized spacial score (nSPS) is 22.4. The van der Waals surface area contributed by atoms with Crippen molar-refractivity contribution >= 4 is 15.5 Å². The van der Waals surface area contributed by atoms with Crippen LogP contribution in [-0.4, -0.2) is 34.7 Å². The van der Waals surface area contributed by atoms with Crippen LogP contribution >= 0.6 is 0 Å². The number of hydrogen-bond acceptors (Lipinski definition) is 5. The molecule has 25 heavy (non-hydrogen) atoms. The van der Waals surface area contributed by atoms with Gasteiger partial charge in [-0.25, -0.2) is 8.42 Å². The summed E-state index contributed by atoms with van der Waals surface area (Å²) in [6.07, 6.45) is 2.07. The van der Waals surface area contributed by atoms with Gasteiger partial charge in [0, 0.05) is 17.6 Å². The molecule has 2 aromatic carbocycles. The maximum absolute atomic E-state index is 13.0. The van der Waals surface area contributed by atoms with E-state index in [1.54, 1.807) is 30.3 Å². The van der Waals surface area contributed by atoms with Gasteiger partial charge < -0.3 is 15.4 Å². The summed E-state index contributed by atoms with van der Waals surface area (Å²) in [5, 5.41) is 6.98. The highest BCUT2D eigenvalue weighted by Crippen LogP contribution is 2.41. The molecule has 0 aliphatic carbocycles. The third-order valence-electron chi connectivity index (χ3n) is 5.18. The van der Waals surface area contributed by atoms with Gasteiger partial charge in [-0.2, -0.15) is 0 Å². The average Bonchev–Trinajstić information content (AvgIpc) is 2.81. The van der Waals surface area contributed by atoms with Crippen LogP contribution < -0.4 is 15.4 Å². The maximum Gasteiger partial charge on any atom is 0.206 e. The van der Waals surface area contributed by atoms with Crippen molar-refractivity contribution in [1.29, 1.82) is 0 Å². The van der Waals surface area contributed by atoms with Crippen LogP contribution in [0, 0.1) is 0 Å². The number of rotatable bonds is 3. The van der Waals surface area contributed by atoms with Crippen LogP contribution in [0.5, 0.6) is 5.75 Å². The molecule has 0 aromatic heterocycles. The van der Waals surface area contributed by atoms with Gasteiger partial charge in [0.15, 0.2) is 0 Å². The summed E-state index contributed by atoms with van der Waals surface area (Å²) in [7, 11) is -2.03. The highest BCUT2D eigenvalue weighted by Gasteiger charge is 2.34. The van der Waals surface area contributed by atoms with Gasteiger partial charge in [0.2, 0.25) is 9.84 Å². The molecule has 0 amide bonds. The largest absolute Gasteiger partial charge is 0.497 e. The molecule has 0 bridgehead atoms. The molecular weight excluding hydrogens is 336 g/mol. The van der Waals surface area contributed by atoms with E-state index < -0.39 is 9.84 Å². The Kier molecular flexibility index (Phi) is 4.17. The first-order valence-corrected chi connectivity index (χ1v) is 10.1. The van der Waals surface area contributed by atoms with E-state index >= 15 is 0 Å². The van der Waals surface area contributed by atoms with Gasteiger partial charge in [0.25, 0.3) is 0 Å². The first kappa shape index (κ1) is 16.4. The summed E-state index contributed by atoms with van der Waals surface area (Å²) in [5.74, 6) is 0.907. The minimum Gasteiger partial charge on any atom is -0.497 e. The number of sulfone groups is 1. The van der Waals surface area contributed by atoms with Gasteiger partial charge in [0.05, 0.1) is 16.9 Å². The number of anilines is 1. The molecule has 2 N–H and O–H groups in total. The van der Waals surface area contributed by atoms with Crippen LogP contribution in [0.3, 0.4) is 0 Å². The van der Waals surface area contributed by atoms with Crippen LogP contribution in [0.1, 0.15) is 24.3 Å². The van der Waals surface area contributed by atoms with Crippen LogP contribution in [0.25, 0.3) is 0 Å². The van der Waals surface area contributed by atoms with Crippen molar-refractivity contribution in [2.45, 2.75) is 34.6 Å². The molecule has 0 radical (unpaired) electrons. The predicted octanol–water partition coefficient (Wildman–Crippen LogP) is 2.79. The molecule has 5 nitrogen and oxygen atoms in total. The fraction of sp³-hybridized carbons (Fsp3) is 0.368. The molecule has 2 aliphatic heterocycles. The Hall–Kier alpha value is -2.05. The van der Waals surface area contributed by atoms with Gasteiger partial charge in [-0.3, -0.25) is 0 Å². The monoisotopic (exact) mass is 358 g/mol. The molecule has 0 saturated carbocycles. The van der Waals surface area contributed by atoms with Crippen molar-refractivity contribution in [2.24, 2.45) is 0 Å². The highest BCUT2D eigenvalue weighted by atomic mass is 32.2. The van der Waals surface area contributed by atoms with Gasteiger partial charge >= 0.3 is 0 Å². The minimum absolute atomic E-state index is 0.261. The number of hydrogen-bond donors (Lipinski definition) is 2. The maximum atomic E-state index is 13.0. The van der Waals surface area contributed by atoms with E-state index in [0.717, 1.165) is 37.2 Å². The van der Waals surface area contributed by atoms with Crippen LogP contribution in [0.2, 0.25) is 0 Å². The number of methoxy groups -OCH3 is 1. The molecule has 0 spiro atoms. The zero-order valence-electron chi connectivity index (χ0n) is 14.2. The first-order valence-electron chi connectivity index (χ1n) is 8.60. The van der Waals surface area contributed by atoms with Gasteiger partial charge in [-0.05, 0) is 67.9 Å². The second-order valence-electron chi connectivity index (χ2n) is 6.62. The van der Waals surface area contributed by atoms with Crippen molar-refractivity contribution in [3.05, 3.63) is 48.0 Å². The van der Waals surface area contributed by atoms with Crippen LogP contribution in [0.4, 0.5) is 5.69 Å². The molecule has 1 fully saturated rings. The summed E-state index contributed by atoms with van der Waals surface area (Å²) < 4.78 is 31.2. The Morgan fingerprint density at radius 3 is 2.68 bits per heavy atom. The van der Waals surface area contributed by atoms with Crippen molar-refractivity contribution in [3.8, 4) is 5.75 Å². The Morgan fingerprint density at radius 2 is 1.84 bits per heavy atom. The SMILES string of the molecule is COc1cccc(S(=O)(=O)c2ccc3c(c2)[C@H]2CCNCCC2N3)c1. The smallest absolute Gasteiger partial charge is 0.206 e. The van der Waals surface area contributed by atoms with Gasteiger partial charge in [-0.1, -0.05) is 6.07 Å². The number of nitrogens with one attached hydrogen (secondary N) is 2. The number of benzene rings is 2. The molecule has 2 aromatic rings. The number of fused-ring (bicyclic) bond motifs is 3. The molecule has 2 atom stereocenters. The summed E-state index contributed by atoms with van der Waals surface area (Å²) in [4.78, 5) is 0.607. The van der Waals surface area contributed by atoms with Crippen molar-refractivity contribution < 1.29 is 13.2 Å². The van der Waals surface area contributed by atoms with E-state index in [2.05, 4.69) is 10.6 Å². The van der Waals surface area contributed by atoms with Crippen molar-refractivity contribution in [3.63, 3.8) is 0 Å². The van der Waals surface area contributed by atoms with Gasteiger partial charge in [-0.15, -0.1) is 0 Å². The van der Waals surface area contributed by atoms with Gasteiger partial charge in [0.1, 0.15) is 5.75 Å². The first-order chi connectivity index (χ1) is 12.1. The summed E-state index contributed by atoms with van der Waals surface area (Å²) in [6, 6.07) is 12.5. The van der Waals surface area contributed by atoms with Crippen molar-refractivity contribution in [2.75, 3.05) is 25.5 Å². The topological polar surface area (TPSA) is 67.4 Å². The Morgan fingerprint density at radius 1 is 1.04 bits per heavy atom. The molecule has 6 heteroatoms. The van der Waals surface area contributed by atoms with Crippen LogP contribution in [-0.2, 0) is 9.84 Å². The predicted molar refractivity (Wildman–Crippen MR) is 97.1 cm³/mol. The molecule has 132 valence electrons. The lowest BCUT2D eigenvalue weighted by molar-refractivity contribution is 0.413. The molecule has 2 aliphatic rings. The third-order valence-corrected chi connectivity index (χ3v) is 6.92. The highest BCUT2D eigenvalue weighted by molar-refractivity contribution is 7.91. The number of ether oxygens (including phenoxy) is 1. The quantitative estimate of drug-likeness (QED) is 0.883. The van der Waals surface area contributed by atoms with E-state index in [-0.39, 0.29) is 4.90 Å². The second kappa shape index (κ2) is 6.35. The Labute approximate surface area is 148 Å². The molecule has 1 unspecified atom stereocenters. The third kappa shape index (κ3) is 2.89. The zero-order chi connectivity index (χ0) is 17.4. The lowest BCUT2D eigenvalue weighted by Gasteiger charge is -2.16. The molecule has 1 saturated heterocycles. The lowest BCUT2D eigenvalue weighted by Crippen LogP contribution is -2.21. The summed E-state index contributed by atoms with van der Waals surface area (Å²) in [6.45, 7) is 1.96. The van der Waals surface area contributed by atoms with E-state index in [4.69, 9.17) is 4.74 Å². The fourth-order valence-corrected chi connectivity index (χ4v) is 5.17. The summed E-state index contributed by atoms with van der Waals surface area (Å²) in [5.41, 5.74) is 2.19. The van der Waals surface area contributed by atoms with Crippen molar-refractivity contribution in [1.82, 2.24) is 5.32 Å². The zero-order valence-corrected chi connectivity index (χ0v) is 15.0. The Bertz CT molecular complexity index is 895. The average molecular weight is 358 g/mol. The van der Waals surface area contributed by atoms with Crippen LogP contribution in [0.15, 0.2) is 52.3 Å². The second-order valence-corrected chi connectivity index (χ2v) is 8.57. The molecular formula is C19H22N2O3S. The van der Waals surface area contributed by atoms with E-state index in [0.29, 0.717) is 22.6 Å². The van der Waals surface area contributed by atoms with E-state index in [1.807, 2.05) is 12.1 Å². The standard InChI is InChI=1S/C19H22N2O3S/c1-24-13-3-2-4-14(11-13)25(22,23)15-5-6-18-17(12-15)16-7-9-20-10-8-19(16)21-18/h2-6,11-12,16,19-21H,7-10H2,1H3/t16-,19?/m1/s1. The minimum atomic E-state index is -3.56.